The minimum absolute atomic E-state index is 0.0856. The van der Waals surface area contributed by atoms with Gasteiger partial charge in [0, 0.05) is 24.8 Å². The van der Waals surface area contributed by atoms with Crippen molar-refractivity contribution in [3.05, 3.63) is 70.9 Å². The second kappa shape index (κ2) is 8.91. The van der Waals surface area contributed by atoms with Gasteiger partial charge in [0.1, 0.15) is 0 Å². The molecule has 1 aromatic carbocycles. The number of fused-ring (bicyclic) bond motifs is 1. The summed E-state index contributed by atoms with van der Waals surface area (Å²) < 4.78 is 42.9. The lowest BCUT2D eigenvalue weighted by Crippen LogP contribution is -2.51. The van der Waals surface area contributed by atoms with Crippen molar-refractivity contribution in [1.82, 2.24) is 25.0 Å². The van der Waals surface area contributed by atoms with Gasteiger partial charge in [0.25, 0.3) is 5.91 Å². The molecule has 0 saturated heterocycles. The van der Waals surface area contributed by atoms with Crippen LogP contribution in [0.15, 0.2) is 47.0 Å². The number of hydrogen-bond acceptors (Lipinski definition) is 7. The van der Waals surface area contributed by atoms with Gasteiger partial charge >= 0.3 is 12.1 Å². The second-order valence-electron chi connectivity index (χ2n) is 9.77. The van der Waals surface area contributed by atoms with E-state index in [9.17, 15) is 22.8 Å². The number of alkyl halides is 3. The second-order valence-corrected chi connectivity index (χ2v) is 9.77. The zero-order chi connectivity index (χ0) is 26.5. The SMILES string of the molecule is CN1CC=C(c2ccc3c(c2)C(C)(C)C(=O)N(Cc2ccc(-c4nnc(C(F)(F)F)o4)cn2)C3=O)CC1. The molecule has 0 N–H and O–H groups in total. The van der Waals surface area contributed by atoms with Crippen molar-refractivity contribution >= 4 is 17.4 Å². The maximum absolute atomic E-state index is 13.5. The molecule has 3 aromatic rings. The van der Waals surface area contributed by atoms with Gasteiger partial charge in [0.05, 0.1) is 23.2 Å². The van der Waals surface area contributed by atoms with E-state index in [1.807, 2.05) is 12.1 Å². The van der Waals surface area contributed by atoms with Crippen LogP contribution in [-0.4, -0.2) is 56.9 Å². The summed E-state index contributed by atoms with van der Waals surface area (Å²) in [5.41, 5.74) is 2.99. The van der Waals surface area contributed by atoms with E-state index < -0.39 is 23.4 Å². The molecule has 0 radical (unpaired) electrons. The topological polar surface area (TPSA) is 92.4 Å². The fourth-order valence-corrected chi connectivity index (χ4v) is 4.58. The highest BCUT2D eigenvalue weighted by Gasteiger charge is 2.44. The Bertz CT molecular complexity index is 1410. The lowest BCUT2D eigenvalue weighted by Gasteiger charge is -2.37. The molecule has 2 aromatic heterocycles. The smallest absolute Gasteiger partial charge is 0.413 e. The lowest BCUT2D eigenvalue weighted by molar-refractivity contribution is -0.157. The third-order valence-electron chi connectivity index (χ3n) is 6.79. The Balaban J connectivity index is 1.39. The van der Waals surface area contributed by atoms with Crippen LogP contribution in [0.4, 0.5) is 13.2 Å². The summed E-state index contributed by atoms with van der Waals surface area (Å²) in [5.74, 6) is -2.55. The molecule has 0 spiro atoms. The van der Waals surface area contributed by atoms with E-state index in [2.05, 4.69) is 37.6 Å². The van der Waals surface area contributed by atoms with Gasteiger partial charge in [-0.2, -0.15) is 13.2 Å². The molecule has 8 nitrogen and oxygen atoms in total. The largest absolute Gasteiger partial charge is 0.470 e. The van der Waals surface area contributed by atoms with Gasteiger partial charge in [-0.3, -0.25) is 19.5 Å². The molecule has 0 aliphatic carbocycles. The third kappa shape index (κ3) is 4.55. The number of imide groups is 1. The first-order valence-corrected chi connectivity index (χ1v) is 11.7. The van der Waals surface area contributed by atoms with Crippen LogP contribution in [0.5, 0.6) is 0 Å². The highest BCUT2D eigenvalue weighted by molar-refractivity contribution is 6.13. The molecule has 0 atom stereocenters. The molecule has 2 aliphatic rings. The van der Waals surface area contributed by atoms with Gasteiger partial charge in [-0.25, -0.2) is 0 Å². The van der Waals surface area contributed by atoms with E-state index in [0.29, 0.717) is 16.8 Å². The van der Waals surface area contributed by atoms with Crippen LogP contribution in [0.3, 0.4) is 0 Å². The van der Waals surface area contributed by atoms with Crippen LogP contribution in [0.1, 0.15) is 53.3 Å². The van der Waals surface area contributed by atoms with Crippen molar-refractivity contribution < 1.29 is 27.2 Å². The van der Waals surface area contributed by atoms with Crippen LogP contribution in [0.2, 0.25) is 0 Å². The molecule has 0 unspecified atom stereocenters. The normalized spacial score (nSPS) is 18.1. The van der Waals surface area contributed by atoms with Crippen molar-refractivity contribution in [3.63, 3.8) is 0 Å². The fraction of sp³-hybridized carbons (Fsp3) is 0.346. The summed E-state index contributed by atoms with van der Waals surface area (Å²) in [6, 6.07) is 8.61. The van der Waals surface area contributed by atoms with Crippen molar-refractivity contribution in [1.29, 1.82) is 0 Å². The number of carbonyl (C=O) groups is 2. The molecule has 0 fully saturated rings. The first-order chi connectivity index (χ1) is 17.4. The molecule has 2 amide bonds. The van der Waals surface area contributed by atoms with Gasteiger partial charge in [-0.1, -0.05) is 12.1 Å². The van der Waals surface area contributed by atoms with E-state index in [0.717, 1.165) is 30.0 Å². The molecule has 4 heterocycles. The molecule has 37 heavy (non-hydrogen) atoms. The highest BCUT2D eigenvalue weighted by Crippen LogP contribution is 2.37. The number of carbonyl (C=O) groups excluding carboxylic acids is 2. The molecule has 2 aliphatic heterocycles. The predicted octanol–water partition coefficient (Wildman–Crippen LogP) is 4.33. The van der Waals surface area contributed by atoms with Gasteiger partial charge in [0.2, 0.25) is 11.8 Å². The Morgan fingerprint density at radius 2 is 1.84 bits per heavy atom. The van der Waals surface area contributed by atoms with Crippen LogP contribution >= 0.6 is 0 Å². The van der Waals surface area contributed by atoms with Gasteiger partial charge in [-0.05, 0) is 68.3 Å². The molecule has 192 valence electrons. The molecule has 0 saturated carbocycles. The number of nitrogens with zero attached hydrogens (tertiary/aromatic N) is 5. The van der Waals surface area contributed by atoms with Gasteiger partial charge < -0.3 is 9.32 Å². The van der Waals surface area contributed by atoms with Crippen LogP contribution in [-0.2, 0) is 22.9 Å². The van der Waals surface area contributed by atoms with E-state index >= 15 is 0 Å². The average molecular weight is 512 g/mol. The van der Waals surface area contributed by atoms with E-state index in [-0.39, 0.29) is 23.9 Å². The number of amides is 2. The molecular formula is C26H24F3N5O3. The zero-order valence-electron chi connectivity index (χ0n) is 20.5. The summed E-state index contributed by atoms with van der Waals surface area (Å²) in [4.78, 5) is 34.4. The number of benzene rings is 1. The summed E-state index contributed by atoms with van der Waals surface area (Å²) in [6.45, 7) is 5.30. The van der Waals surface area contributed by atoms with E-state index in [4.69, 9.17) is 0 Å². The zero-order valence-corrected chi connectivity index (χ0v) is 20.5. The first kappa shape index (κ1) is 24.8. The number of rotatable bonds is 4. The quantitative estimate of drug-likeness (QED) is 0.482. The minimum atomic E-state index is -4.75. The van der Waals surface area contributed by atoms with Crippen molar-refractivity contribution in [2.45, 2.75) is 38.4 Å². The summed E-state index contributed by atoms with van der Waals surface area (Å²) >= 11 is 0. The number of aromatic nitrogens is 3. The maximum Gasteiger partial charge on any atom is 0.470 e. The lowest BCUT2D eigenvalue weighted by atomic mass is 9.76. The average Bonchev–Trinajstić information content (AvgIpc) is 3.37. The minimum Gasteiger partial charge on any atom is -0.413 e. The number of pyridine rings is 1. The Labute approximate surface area is 210 Å². The number of likely N-dealkylation sites (N-methyl/N-ethyl adjacent to an activating group) is 1. The highest BCUT2D eigenvalue weighted by atomic mass is 19.4. The van der Waals surface area contributed by atoms with Crippen LogP contribution in [0.25, 0.3) is 17.0 Å². The van der Waals surface area contributed by atoms with Gasteiger partial charge in [0.15, 0.2) is 0 Å². The molecule has 5 rings (SSSR count). The summed E-state index contributed by atoms with van der Waals surface area (Å²) in [5, 5.41) is 6.41. The predicted molar refractivity (Wildman–Crippen MR) is 127 cm³/mol. The summed E-state index contributed by atoms with van der Waals surface area (Å²) in [6.07, 6.45) is -0.415. The maximum atomic E-state index is 13.5. The van der Waals surface area contributed by atoms with Crippen LogP contribution in [0, 0.1) is 0 Å². The van der Waals surface area contributed by atoms with Crippen molar-refractivity contribution in [3.8, 4) is 11.5 Å². The summed E-state index contributed by atoms with van der Waals surface area (Å²) in [7, 11) is 2.06. The Morgan fingerprint density at radius 1 is 1.08 bits per heavy atom. The van der Waals surface area contributed by atoms with E-state index in [1.54, 1.807) is 19.9 Å². The Kier molecular flexibility index (Phi) is 5.98. The first-order valence-electron chi connectivity index (χ1n) is 11.7. The third-order valence-corrected chi connectivity index (χ3v) is 6.79. The van der Waals surface area contributed by atoms with Crippen molar-refractivity contribution in [2.24, 2.45) is 0 Å². The Morgan fingerprint density at radius 3 is 2.46 bits per heavy atom. The van der Waals surface area contributed by atoms with E-state index in [1.165, 1.54) is 23.9 Å². The van der Waals surface area contributed by atoms with Crippen LogP contribution < -0.4 is 0 Å². The number of halogens is 3. The molecule has 11 heteroatoms. The standard InChI is InChI=1S/C26H24F3N5O3/c1-25(2)20-12-16(15-8-10-33(3)11-9-15)5-7-19(20)22(35)34(24(25)36)14-18-6-4-17(13-30-18)21-31-32-23(37-21)26(27,28)29/h4-8,12-13H,9-11,14H2,1-3H3. The Hall–Kier alpha value is -3.86. The molecular weight excluding hydrogens is 487 g/mol. The fourth-order valence-electron chi connectivity index (χ4n) is 4.58. The number of hydrogen-bond donors (Lipinski definition) is 0. The van der Waals surface area contributed by atoms with Crippen molar-refractivity contribution in [2.75, 3.05) is 20.1 Å². The molecule has 0 bridgehead atoms. The van der Waals surface area contributed by atoms with Gasteiger partial charge in [-0.15, -0.1) is 10.2 Å². The monoisotopic (exact) mass is 511 g/mol.